The molecule has 2 N–H and O–H groups in total. The van der Waals surface area contributed by atoms with Gasteiger partial charge in [0.25, 0.3) is 0 Å². The number of hydrogen-bond acceptors (Lipinski definition) is 6. The van der Waals surface area contributed by atoms with Crippen molar-refractivity contribution in [2.24, 2.45) is 0 Å². The van der Waals surface area contributed by atoms with Crippen molar-refractivity contribution in [1.82, 2.24) is 9.97 Å². The third kappa shape index (κ3) is 2.41. The number of nitrogens with two attached hydrogens (primary N) is 1. The van der Waals surface area contributed by atoms with Gasteiger partial charge < -0.3 is 20.1 Å². The highest BCUT2D eigenvalue weighted by molar-refractivity contribution is 5.67. The summed E-state index contributed by atoms with van der Waals surface area (Å²) in [6, 6.07) is 0. The van der Waals surface area contributed by atoms with E-state index < -0.39 is 0 Å². The lowest BCUT2D eigenvalue weighted by Crippen LogP contribution is -2.40. The van der Waals surface area contributed by atoms with Crippen LogP contribution in [-0.2, 0) is 4.74 Å². The Balaban J connectivity index is 2.21. The Labute approximate surface area is 101 Å². The molecule has 94 valence electrons. The van der Waals surface area contributed by atoms with E-state index in [4.69, 9.17) is 15.2 Å². The van der Waals surface area contributed by atoms with E-state index in [0.717, 1.165) is 31.7 Å². The summed E-state index contributed by atoms with van der Waals surface area (Å²) in [6.45, 7) is 1.74. The van der Waals surface area contributed by atoms with Gasteiger partial charge in [0, 0.05) is 20.2 Å². The number of hydrogen-bond donors (Lipinski definition) is 1. The Morgan fingerprint density at radius 3 is 2.94 bits per heavy atom. The van der Waals surface area contributed by atoms with Gasteiger partial charge >= 0.3 is 0 Å². The molecule has 1 unspecified atom stereocenters. The second-order valence-corrected chi connectivity index (χ2v) is 4.07. The molecule has 2 heterocycles. The lowest BCUT2D eigenvalue weighted by Gasteiger charge is -2.33. The van der Waals surface area contributed by atoms with Crippen molar-refractivity contribution in [3.8, 4) is 5.88 Å². The first-order valence-electron chi connectivity index (χ1n) is 5.68. The highest BCUT2D eigenvalue weighted by atomic mass is 16.5. The first-order valence-corrected chi connectivity index (χ1v) is 5.68. The monoisotopic (exact) mass is 238 g/mol. The number of aromatic nitrogens is 2. The zero-order chi connectivity index (χ0) is 12.3. The predicted molar refractivity (Wildman–Crippen MR) is 65.2 cm³/mol. The summed E-state index contributed by atoms with van der Waals surface area (Å²) in [4.78, 5) is 10.3. The van der Waals surface area contributed by atoms with Gasteiger partial charge in [-0.15, -0.1) is 0 Å². The molecule has 0 spiro atoms. The van der Waals surface area contributed by atoms with Crippen molar-refractivity contribution in [2.75, 3.05) is 37.9 Å². The highest BCUT2D eigenvalue weighted by Gasteiger charge is 2.23. The van der Waals surface area contributed by atoms with Crippen LogP contribution in [0.3, 0.4) is 0 Å². The minimum Gasteiger partial charge on any atom is -0.479 e. The largest absolute Gasteiger partial charge is 0.479 e. The highest BCUT2D eigenvalue weighted by Crippen LogP contribution is 2.29. The number of rotatable bonds is 3. The van der Waals surface area contributed by atoms with E-state index in [1.165, 1.54) is 6.33 Å². The molecular weight excluding hydrogens is 220 g/mol. The Morgan fingerprint density at radius 2 is 2.24 bits per heavy atom. The molecule has 1 aromatic heterocycles. The number of methoxy groups -OCH3 is 2. The van der Waals surface area contributed by atoms with Crippen LogP contribution >= 0.6 is 0 Å². The van der Waals surface area contributed by atoms with Gasteiger partial charge in [-0.3, -0.25) is 0 Å². The molecule has 0 amide bonds. The van der Waals surface area contributed by atoms with Crippen LogP contribution in [0.25, 0.3) is 0 Å². The van der Waals surface area contributed by atoms with E-state index in [1.807, 2.05) is 0 Å². The lowest BCUT2D eigenvalue weighted by atomic mass is 10.1. The van der Waals surface area contributed by atoms with Crippen molar-refractivity contribution in [3.63, 3.8) is 0 Å². The molecule has 0 bridgehead atoms. The Hall–Kier alpha value is -1.56. The zero-order valence-electron chi connectivity index (χ0n) is 10.2. The van der Waals surface area contributed by atoms with Gasteiger partial charge in [-0.2, -0.15) is 4.98 Å². The van der Waals surface area contributed by atoms with Crippen LogP contribution in [0.1, 0.15) is 12.8 Å². The van der Waals surface area contributed by atoms with E-state index in [2.05, 4.69) is 14.9 Å². The van der Waals surface area contributed by atoms with E-state index in [0.29, 0.717) is 11.6 Å². The number of anilines is 2. The van der Waals surface area contributed by atoms with Crippen LogP contribution in [0, 0.1) is 0 Å². The average Bonchev–Trinajstić information content (AvgIpc) is 2.39. The van der Waals surface area contributed by atoms with Gasteiger partial charge in [0.1, 0.15) is 12.0 Å². The summed E-state index contributed by atoms with van der Waals surface area (Å²) in [7, 11) is 3.29. The smallest absolute Gasteiger partial charge is 0.242 e. The van der Waals surface area contributed by atoms with Crippen LogP contribution in [0.2, 0.25) is 0 Å². The standard InChI is InChI=1S/C11H18N4O2/c1-16-8-4-3-5-15(6-8)10-9(12)11(17-2)14-7-13-10/h7-8H,3-6,12H2,1-2H3. The molecule has 6 nitrogen and oxygen atoms in total. The van der Waals surface area contributed by atoms with Crippen molar-refractivity contribution >= 4 is 11.5 Å². The molecule has 17 heavy (non-hydrogen) atoms. The molecule has 0 saturated carbocycles. The average molecular weight is 238 g/mol. The first-order chi connectivity index (χ1) is 8.26. The summed E-state index contributed by atoms with van der Waals surface area (Å²) >= 11 is 0. The molecule has 1 fully saturated rings. The van der Waals surface area contributed by atoms with Crippen LogP contribution in [0.4, 0.5) is 11.5 Å². The maximum atomic E-state index is 5.98. The van der Waals surface area contributed by atoms with Gasteiger partial charge in [-0.25, -0.2) is 4.98 Å². The molecule has 0 aromatic carbocycles. The van der Waals surface area contributed by atoms with Gasteiger partial charge in [-0.1, -0.05) is 0 Å². The van der Waals surface area contributed by atoms with Crippen LogP contribution in [0.15, 0.2) is 6.33 Å². The summed E-state index contributed by atoms with van der Waals surface area (Å²) in [5.74, 6) is 1.16. The summed E-state index contributed by atoms with van der Waals surface area (Å²) in [5, 5.41) is 0. The topological polar surface area (TPSA) is 73.5 Å². The van der Waals surface area contributed by atoms with E-state index >= 15 is 0 Å². The summed E-state index contributed by atoms with van der Waals surface area (Å²) < 4.78 is 10.5. The van der Waals surface area contributed by atoms with E-state index in [9.17, 15) is 0 Å². The molecule has 6 heteroatoms. The molecule has 1 saturated heterocycles. The molecular formula is C11H18N4O2. The predicted octanol–water partition coefficient (Wildman–Crippen LogP) is 0.683. The van der Waals surface area contributed by atoms with Crippen LogP contribution < -0.4 is 15.4 Å². The summed E-state index contributed by atoms with van der Waals surface area (Å²) in [6.07, 6.45) is 3.87. The van der Waals surface area contributed by atoms with E-state index in [1.54, 1.807) is 14.2 Å². The summed E-state index contributed by atoms with van der Waals surface area (Å²) in [5.41, 5.74) is 6.47. The first kappa shape index (κ1) is 11.9. The fourth-order valence-corrected chi connectivity index (χ4v) is 2.11. The second-order valence-electron chi connectivity index (χ2n) is 4.07. The van der Waals surface area contributed by atoms with Gasteiger partial charge in [-0.05, 0) is 12.8 Å². The molecule has 1 aliphatic rings. The quantitative estimate of drug-likeness (QED) is 0.835. The Bertz CT molecular complexity index is 386. The number of nitrogen functional groups attached to an aromatic ring is 1. The number of piperidine rings is 1. The molecule has 2 rings (SSSR count). The Morgan fingerprint density at radius 1 is 1.41 bits per heavy atom. The third-order valence-electron chi connectivity index (χ3n) is 3.03. The molecule has 1 aromatic rings. The van der Waals surface area contributed by atoms with Crippen molar-refractivity contribution in [2.45, 2.75) is 18.9 Å². The van der Waals surface area contributed by atoms with Crippen molar-refractivity contribution < 1.29 is 9.47 Å². The zero-order valence-corrected chi connectivity index (χ0v) is 10.2. The van der Waals surface area contributed by atoms with Crippen molar-refractivity contribution in [1.29, 1.82) is 0 Å². The van der Waals surface area contributed by atoms with Crippen LogP contribution in [0.5, 0.6) is 5.88 Å². The maximum absolute atomic E-state index is 5.98. The molecule has 1 atom stereocenters. The fourth-order valence-electron chi connectivity index (χ4n) is 2.11. The minimum atomic E-state index is 0.240. The second kappa shape index (κ2) is 5.18. The minimum absolute atomic E-state index is 0.240. The SMILES string of the molecule is COc1ncnc(N2CCCC(OC)C2)c1N. The Kier molecular flexibility index (Phi) is 3.63. The maximum Gasteiger partial charge on any atom is 0.242 e. The fraction of sp³-hybridized carbons (Fsp3) is 0.636. The van der Waals surface area contributed by atoms with Gasteiger partial charge in [0.05, 0.1) is 13.2 Å². The normalized spacial score (nSPS) is 20.4. The molecule has 0 aliphatic carbocycles. The molecule has 1 aliphatic heterocycles. The third-order valence-corrected chi connectivity index (χ3v) is 3.03. The van der Waals surface area contributed by atoms with Crippen LogP contribution in [-0.4, -0.2) is 43.4 Å². The lowest BCUT2D eigenvalue weighted by molar-refractivity contribution is 0.0891. The van der Waals surface area contributed by atoms with Crippen molar-refractivity contribution in [3.05, 3.63) is 6.33 Å². The van der Waals surface area contributed by atoms with E-state index in [-0.39, 0.29) is 6.10 Å². The van der Waals surface area contributed by atoms with Gasteiger partial charge in [0.15, 0.2) is 5.82 Å². The number of ether oxygens (including phenoxy) is 2. The molecule has 0 radical (unpaired) electrons. The van der Waals surface area contributed by atoms with Gasteiger partial charge in [0.2, 0.25) is 5.88 Å². The number of nitrogens with zero attached hydrogens (tertiary/aromatic N) is 3.